The first kappa shape index (κ1) is 17.4. The molecule has 0 amide bonds. The number of halogens is 2. The minimum Gasteiger partial charge on any atom is -0.325 e. The van der Waals surface area contributed by atoms with E-state index in [4.69, 9.17) is 23.2 Å². The van der Waals surface area contributed by atoms with Crippen LogP contribution in [0.4, 0.5) is 11.5 Å². The van der Waals surface area contributed by atoms with E-state index in [1.807, 2.05) is 67.0 Å². The molecule has 4 rings (SSSR count). The van der Waals surface area contributed by atoms with Crippen LogP contribution in [0.3, 0.4) is 0 Å². The van der Waals surface area contributed by atoms with Gasteiger partial charge in [0, 0.05) is 18.1 Å². The van der Waals surface area contributed by atoms with E-state index in [0.717, 1.165) is 16.8 Å². The summed E-state index contributed by atoms with van der Waals surface area (Å²) in [6, 6.07) is 17.5. The largest absolute Gasteiger partial charge is 0.440 e. The van der Waals surface area contributed by atoms with Crippen LogP contribution in [0.5, 0.6) is 0 Å². The lowest BCUT2D eigenvalue weighted by molar-refractivity contribution is -0.603. The van der Waals surface area contributed by atoms with Gasteiger partial charge in [0.2, 0.25) is 11.0 Å². The summed E-state index contributed by atoms with van der Waals surface area (Å²) in [6.45, 7) is 0. The molecule has 1 aromatic carbocycles. The molecule has 3 heterocycles. The minimum absolute atomic E-state index is 0.186. The highest BCUT2D eigenvalue weighted by Crippen LogP contribution is 2.29. The Bertz CT molecular complexity index is 1050. The van der Waals surface area contributed by atoms with Crippen LogP contribution in [0.1, 0.15) is 0 Å². The van der Waals surface area contributed by atoms with E-state index >= 15 is 0 Å². The molecule has 0 saturated carbocycles. The monoisotopic (exact) mass is 394 g/mol. The lowest BCUT2D eigenvalue weighted by atomic mass is 10.1. The van der Waals surface area contributed by atoms with Crippen molar-refractivity contribution >= 4 is 34.7 Å². The summed E-state index contributed by atoms with van der Waals surface area (Å²) in [5, 5.41) is 3.63. The molecule has 1 N–H and O–H groups in total. The number of rotatable bonds is 4. The second-order valence-corrected chi connectivity index (χ2v) is 6.43. The zero-order valence-corrected chi connectivity index (χ0v) is 15.6. The van der Waals surface area contributed by atoms with Gasteiger partial charge in [0.15, 0.2) is 5.02 Å². The molecule has 0 fully saturated rings. The molecule has 0 unspecified atom stereocenters. The summed E-state index contributed by atoms with van der Waals surface area (Å²) in [6.07, 6.45) is 7.28. The topological polar surface area (TPSA) is 54.6 Å². The maximum Gasteiger partial charge on any atom is 0.440 e. The van der Waals surface area contributed by atoms with Crippen molar-refractivity contribution in [2.75, 3.05) is 5.32 Å². The molecule has 4 aromatic rings. The molecule has 0 bridgehead atoms. The molecule has 0 atom stereocenters. The molecule has 0 radical (unpaired) electrons. The van der Waals surface area contributed by atoms with Crippen LogP contribution < -0.4 is 9.88 Å². The molecule has 0 aliphatic rings. The van der Waals surface area contributed by atoms with Crippen molar-refractivity contribution in [3.63, 3.8) is 0 Å². The number of nitrogens with zero attached hydrogens (tertiary/aromatic N) is 4. The Morgan fingerprint density at radius 2 is 1.44 bits per heavy atom. The lowest BCUT2D eigenvalue weighted by Gasteiger charge is -2.06. The molecule has 7 heteroatoms. The van der Waals surface area contributed by atoms with E-state index in [0.29, 0.717) is 11.8 Å². The summed E-state index contributed by atoms with van der Waals surface area (Å²) >= 11 is 12.5. The molecular formula is C20H14Cl2N5+. The number of pyridine rings is 2. The molecule has 132 valence electrons. The number of hydrogen-bond acceptors (Lipinski definition) is 4. The average molecular weight is 395 g/mol. The van der Waals surface area contributed by atoms with Gasteiger partial charge in [-0.25, -0.2) is 4.57 Å². The summed E-state index contributed by atoms with van der Waals surface area (Å²) in [5.74, 6) is 0.868. The molecule has 27 heavy (non-hydrogen) atoms. The standard InChI is InChI=1S/C20H14Cl2N5/c21-17-18(22)25-20(26-19(17)24-16-4-2-1-3-5-16)27-12-8-15(9-13-27)14-6-10-23-11-7-14/h1-13H,(H,24,25,26)/q+1. The first-order valence-electron chi connectivity index (χ1n) is 8.18. The molecule has 0 aliphatic carbocycles. The number of aromatic nitrogens is 4. The SMILES string of the molecule is Clc1nc(-[n+]2ccc(-c3ccncc3)cc2)nc(Nc2ccccc2)c1Cl. The third-order valence-corrected chi connectivity index (χ3v) is 4.64. The Kier molecular flexibility index (Phi) is 4.96. The van der Waals surface area contributed by atoms with E-state index in [9.17, 15) is 0 Å². The van der Waals surface area contributed by atoms with Gasteiger partial charge in [0.05, 0.1) is 12.4 Å². The Labute approximate surface area is 166 Å². The quantitative estimate of drug-likeness (QED) is 0.396. The van der Waals surface area contributed by atoms with Gasteiger partial charge in [-0.3, -0.25) is 4.98 Å². The average Bonchev–Trinajstić information content (AvgIpc) is 2.73. The highest BCUT2D eigenvalue weighted by Gasteiger charge is 2.21. The Balaban J connectivity index is 1.67. The van der Waals surface area contributed by atoms with Crippen molar-refractivity contribution in [2.45, 2.75) is 0 Å². The van der Waals surface area contributed by atoms with Crippen molar-refractivity contribution in [1.29, 1.82) is 0 Å². The van der Waals surface area contributed by atoms with Crippen LogP contribution in [0, 0.1) is 0 Å². The fourth-order valence-corrected chi connectivity index (χ4v) is 2.86. The first-order chi connectivity index (χ1) is 13.2. The highest BCUT2D eigenvalue weighted by molar-refractivity contribution is 6.42. The van der Waals surface area contributed by atoms with Crippen molar-refractivity contribution in [3.8, 4) is 17.1 Å². The van der Waals surface area contributed by atoms with E-state index in [1.165, 1.54) is 0 Å². The normalized spacial score (nSPS) is 10.6. The molecule has 5 nitrogen and oxygen atoms in total. The van der Waals surface area contributed by atoms with Crippen LogP contribution >= 0.6 is 23.2 Å². The summed E-state index contributed by atoms with van der Waals surface area (Å²) in [4.78, 5) is 12.8. The van der Waals surface area contributed by atoms with Crippen LogP contribution in [-0.2, 0) is 0 Å². The molecule has 3 aromatic heterocycles. The Hall–Kier alpha value is -3.02. The number of anilines is 2. The minimum atomic E-state index is 0.186. The zero-order valence-electron chi connectivity index (χ0n) is 14.1. The smallest absolute Gasteiger partial charge is 0.325 e. The Morgan fingerprint density at radius 1 is 0.778 bits per heavy atom. The van der Waals surface area contributed by atoms with Gasteiger partial charge in [0.1, 0.15) is 0 Å². The summed E-state index contributed by atoms with van der Waals surface area (Å²) in [7, 11) is 0. The molecule has 0 aliphatic heterocycles. The van der Waals surface area contributed by atoms with Crippen LogP contribution in [0.25, 0.3) is 17.1 Å². The molecular weight excluding hydrogens is 381 g/mol. The third-order valence-electron chi connectivity index (χ3n) is 3.91. The van der Waals surface area contributed by atoms with Crippen molar-refractivity contribution in [1.82, 2.24) is 15.0 Å². The van der Waals surface area contributed by atoms with Gasteiger partial charge >= 0.3 is 5.95 Å². The summed E-state index contributed by atoms with van der Waals surface area (Å²) < 4.78 is 1.78. The van der Waals surface area contributed by atoms with E-state index in [1.54, 1.807) is 17.0 Å². The Morgan fingerprint density at radius 3 is 2.15 bits per heavy atom. The van der Waals surface area contributed by atoms with Crippen molar-refractivity contribution in [3.05, 3.63) is 89.6 Å². The molecule has 0 spiro atoms. The van der Waals surface area contributed by atoms with Crippen LogP contribution in [0.2, 0.25) is 10.2 Å². The third kappa shape index (κ3) is 3.89. The number of benzene rings is 1. The van der Waals surface area contributed by atoms with E-state index in [-0.39, 0.29) is 10.2 Å². The first-order valence-corrected chi connectivity index (χ1v) is 8.93. The van der Waals surface area contributed by atoms with Gasteiger partial charge < -0.3 is 5.32 Å². The van der Waals surface area contributed by atoms with Crippen molar-refractivity contribution < 1.29 is 4.57 Å². The maximum atomic E-state index is 6.27. The van der Waals surface area contributed by atoms with Gasteiger partial charge in [-0.05, 0) is 64.1 Å². The van der Waals surface area contributed by atoms with Gasteiger partial charge in [-0.1, -0.05) is 34.8 Å². The van der Waals surface area contributed by atoms with Gasteiger partial charge in [-0.2, -0.15) is 0 Å². The predicted octanol–water partition coefficient (Wildman–Crippen LogP) is 4.87. The second kappa shape index (κ2) is 7.70. The number of hydrogen-bond donors (Lipinski definition) is 1. The lowest BCUT2D eigenvalue weighted by Crippen LogP contribution is -2.32. The zero-order chi connectivity index (χ0) is 18.6. The van der Waals surface area contributed by atoms with E-state index in [2.05, 4.69) is 20.3 Å². The second-order valence-electron chi connectivity index (χ2n) is 5.70. The number of nitrogens with one attached hydrogen (secondary N) is 1. The summed E-state index contributed by atoms with van der Waals surface area (Å²) in [5.41, 5.74) is 3.01. The fourth-order valence-electron chi connectivity index (χ4n) is 2.56. The maximum absolute atomic E-state index is 6.27. The van der Waals surface area contributed by atoms with Crippen molar-refractivity contribution in [2.24, 2.45) is 0 Å². The van der Waals surface area contributed by atoms with E-state index < -0.39 is 0 Å². The number of para-hydroxylation sites is 1. The van der Waals surface area contributed by atoms with Gasteiger partial charge in [-0.15, -0.1) is 0 Å². The fraction of sp³-hybridized carbons (Fsp3) is 0. The van der Waals surface area contributed by atoms with Gasteiger partial charge in [0.25, 0.3) is 0 Å². The van der Waals surface area contributed by atoms with Crippen LogP contribution in [-0.4, -0.2) is 15.0 Å². The highest BCUT2D eigenvalue weighted by atomic mass is 35.5. The van der Waals surface area contributed by atoms with Crippen LogP contribution in [0.15, 0.2) is 79.4 Å². The molecule has 0 saturated heterocycles. The predicted molar refractivity (Wildman–Crippen MR) is 107 cm³/mol.